The number of H-pyrrole nitrogens is 1. The van der Waals surface area contributed by atoms with Crippen LogP contribution in [0, 0.1) is 0 Å². The minimum Gasteiger partial charge on any atom is -0.306 e. The molecule has 0 aliphatic heterocycles. The van der Waals surface area contributed by atoms with Crippen LogP contribution in [0.4, 0.5) is 0 Å². The quantitative estimate of drug-likeness (QED) is 0.918. The minimum absolute atomic E-state index is 0.157. The molecule has 1 heterocycles. The van der Waals surface area contributed by atoms with E-state index in [1.54, 1.807) is 0 Å². The van der Waals surface area contributed by atoms with Crippen molar-refractivity contribution in [3.05, 3.63) is 50.9 Å². The SMILES string of the molecule is CCc1ccccc1-c1ncc(Br)c(=O)[nH]1. The third-order valence-corrected chi connectivity index (χ3v) is 2.97. The van der Waals surface area contributed by atoms with Gasteiger partial charge in [-0.3, -0.25) is 4.79 Å². The van der Waals surface area contributed by atoms with E-state index in [-0.39, 0.29) is 5.56 Å². The predicted octanol–water partition coefficient (Wildman–Crippen LogP) is 2.76. The Kier molecular flexibility index (Phi) is 3.19. The average molecular weight is 279 g/mol. The zero-order valence-corrected chi connectivity index (χ0v) is 10.4. The molecule has 0 amide bonds. The highest BCUT2D eigenvalue weighted by Gasteiger charge is 2.06. The normalized spacial score (nSPS) is 10.4. The number of nitrogens with zero attached hydrogens (tertiary/aromatic N) is 1. The Labute approximate surface area is 102 Å². The Morgan fingerprint density at radius 3 is 2.81 bits per heavy atom. The lowest BCUT2D eigenvalue weighted by atomic mass is 10.1. The largest absolute Gasteiger partial charge is 0.306 e. The highest BCUT2D eigenvalue weighted by molar-refractivity contribution is 9.10. The van der Waals surface area contributed by atoms with E-state index in [0.29, 0.717) is 10.3 Å². The van der Waals surface area contributed by atoms with Gasteiger partial charge in [0, 0.05) is 11.8 Å². The first-order valence-electron chi connectivity index (χ1n) is 5.05. The van der Waals surface area contributed by atoms with Gasteiger partial charge in [-0.05, 0) is 27.9 Å². The first-order valence-corrected chi connectivity index (χ1v) is 5.84. The summed E-state index contributed by atoms with van der Waals surface area (Å²) < 4.78 is 0.449. The van der Waals surface area contributed by atoms with Crippen molar-refractivity contribution in [3.8, 4) is 11.4 Å². The summed E-state index contributed by atoms with van der Waals surface area (Å²) in [5, 5.41) is 0. The third kappa shape index (κ3) is 2.07. The molecule has 0 aliphatic rings. The van der Waals surface area contributed by atoms with E-state index in [9.17, 15) is 4.79 Å². The summed E-state index contributed by atoms with van der Waals surface area (Å²) in [6.45, 7) is 2.08. The molecule has 0 aliphatic carbocycles. The van der Waals surface area contributed by atoms with E-state index in [0.717, 1.165) is 12.0 Å². The van der Waals surface area contributed by atoms with Crippen molar-refractivity contribution in [1.29, 1.82) is 0 Å². The lowest BCUT2D eigenvalue weighted by molar-refractivity contribution is 1.08. The number of aryl methyl sites for hydroxylation is 1. The van der Waals surface area contributed by atoms with E-state index < -0.39 is 0 Å². The van der Waals surface area contributed by atoms with Crippen molar-refractivity contribution in [2.24, 2.45) is 0 Å². The van der Waals surface area contributed by atoms with E-state index in [4.69, 9.17) is 0 Å². The van der Waals surface area contributed by atoms with Crippen LogP contribution in [0.3, 0.4) is 0 Å². The van der Waals surface area contributed by atoms with Gasteiger partial charge in [0.1, 0.15) is 10.3 Å². The molecule has 0 spiro atoms. The topological polar surface area (TPSA) is 45.8 Å². The zero-order chi connectivity index (χ0) is 11.5. The van der Waals surface area contributed by atoms with Gasteiger partial charge in [0.05, 0.1) is 0 Å². The van der Waals surface area contributed by atoms with Gasteiger partial charge in [-0.2, -0.15) is 0 Å². The highest BCUT2D eigenvalue weighted by Crippen LogP contribution is 2.19. The molecule has 0 atom stereocenters. The number of hydrogen-bond acceptors (Lipinski definition) is 2. The smallest absolute Gasteiger partial charge is 0.265 e. The Balaban J connectivity index is 2.58. The maximum atomic E-state index is 11.5. The van der Waals surface area contributed by atoms with Crippen LogP contribution in [-0.2, 0) is 6.42 Å². The Bertz CT molecular complexity index is 563. The van der Waals surface area contributed by atoms with Gasteiger partial charge in [0.25, 0.3) is 5.56 Å². The molecule has 0 bridgehead atoms. The minimum atomic E-state index is -0.157. The molecular weight excluding hydrogens is 268 g/mol. The monoisotopic (exact) mass is 278 g/mol. The van der Waals surface area contributed by atoms with Crippen molar-refractivity contribution in [2.75, 3.05) is 0 Å². The predicted molar refractivity (Wildman–Crippen MR) is 67.4 cm³/mol. The molecule has 2 rings (SSSR count). The molecule has 1 aromatic carbocycles. The van der Waals surface area contributed by atoms with Gasteiger partial charge in [-0.1, -0.05) is 31.2 Å². The van der Waals surface area contributed by atoms with Crippen molar-refractivity contribution >= 4 is 15.9 Å². The van der Waals surface area contributed by atoms with Crippen molar-refractivity contribution in [2.45, 2.75) is 13.3 Å². The molecule has 0 radical (unpaired) electrons. The first kappa shape index (κ1) is 11.1. The molecule has 4 heteroatoms. The molecule has 0 saturated heterocycles. The van der Waals surface area contributed by atoms with Crippen LogP contribution >= 0.6 is 15.9 Å². The van der Waals surface area contributed by atoms with E-state index >= 15 is 0 Å². The number of halogens is 1. The van der Waals surface area contributed by atoms with Crippen LogP contribution in [-0.4, -0.2) is 9.97 Å². The summed E-state index contributed by atoms with van der Waals surface area (Å²) in [4.78, 5) is 18.4. The standard InChI is InChI=1S/C12H11BrN2O/c1-2-8-5-3-4-6-9(8)11-14-7-10(13)12(16)15-11/h3-7H,2H2,1H3,(H,14,15,16). The highest BCUT2D eigenvalue weighted by atomic mass is 79.9. The number of aromatic amines is 1. The molecule has 0 fully saturated rings. The molecule has 0 unspecified atom stereocenters. The Morgan fingerprint density at radius 1 is 1.38 bits per heavy atom. The zero-order valence-electron chi connectivity index (χ0n) is 8.83. The first-order chi connectivity index (χ1) is 7.72. The summed E-state index contributed by atoms with van der Waals surface area (Å²) in [7, 11) is 0. The van der Waals surface area contributed by atoms with Crippen LogP contribution in [0.5, 0.6) is 0 Å². The number of benzene rings is 1. The van der Waals surface area contributed by atoms with Crippen molar-refractivity contribution in [3.63, 3.8) is 0 Å². The lowest BCUT2D eigenvalue weighted by Gasteiger charge is -2.06. The molecule has 3 nitrogen and oxygen atoms in total. The fourth-order valence-electron chi connectivity index (χ4n) is 1.58. The van der Waals surface area contributed by atoms with E-state index in [1.807, 2.05) is 24.3 Å². The Morgan fingerprint density at radius 2 is 2.12 bits per heavy atom. The van der Waals surface area contributed by atoms with E-state index in [2.05, 4.69) is 32.8 Å². The summed E-state index contributed by atoms with van der Waals surface area (Å²) in [6, 6.07) is 7.93. The van der Waals surface area contributed by atoms with Crippen LogP contribution in [0.25, 0.3) is 11.4 Å². The van der Waals surface area contributed by atoms with Crippen LogP contribution in [0.2, 0.25) is 0 Å². The molecular formula is C12H11BrN2O. The third-order valence-electron chi connectivity index (χ3n) is 2.41. The van der Waals surface area contributed by atoms with Gasteiger partial charge in [0.15, 0.2) is 0 Å². The fraction of sp³-hybridized carbons (Fsp3) is 0.167. The molecule has 0 saturated carbocycles. The number of hydrogen-bond donors (Lipinski definition) is 1. The molecule has 2 aromatic rings. The molecule has 1 N–H and O–H groups in total. The van der Waals surface area contributed by atoms with Gasteiger partial charge in [-0.25, -0.2) is 4.98 Å². The van der Waals surface area contributed by atoms with Gasteiger partial charge in [-0.15, -0.1) is 0 Å². The number of nitrogens with one attached hydrogen (secondary N) is 1. The van der Waals surface area contributed by atoms with Crippen molar-refractivity contribution in [1.82, 2.24) is 9.97 Å². The summed E-state index contributed by atoms with van der Waals surface area (Å²) >= 11 is 3.13. The molecule has 82 valence electrons. The van der Waals surface area contributed by atoms with Crippen molar-refractivity contribution < 1.29 is 0 Å². The van der Waals surface area contributed by atoms with Crippen LogP contribution in [0.1, 0.15) is 12.5 Å². The second-order valence-electron chi connectivity index (χ2n) is 3.42. The molecule has 1 aromatic heterocycles. The summed E-state index contributed by atoms with van der Waals surface area (Å²) in [6.07, 6.45) is 2.44. The van der Waals surface area contributed by atoms with Gasteiger partial charge in [0.2, 0.25) is 0 Å². The second-order valence-corrected chi connectivity index (χ2v) is 4.27. The number of rotatable bonds is 2. The second kappa shape index (κ2) is 4.61. The van der Waals surface area contributed by atoms with Crippen LogP contribution in [0.15, 0.2) is 39.7 Å². The maximum absolute atomic E-state index is 11.5. The number of aromatic nitrogens is 2. The summed E-state index contributed by atoms with van der Waals surface area (Å²) in [5.41, 5.74) is 2.00. The summed E-state index contributed by atoms with van der Waals surface area (Å²) in [5.74, 6) is 0.616. The van der Waals surface area contributed by atoms with E-state index in [1.165, 1.54) is 11.8 Å². The lowest BCUT2D eigenvalue weighted by Crippen LogP contribution is -2.09. The fourth-order valence-corrected chi connectivity index (χ4v) is 1.78. The Hall–Kier alpha value is -1.42. The molecule has 16 heavy (non-hydrogen) atoms. The van der Waals surface area contributed by atoms with Gasteiger partial charge >= 0.3 is 0 Å². The van der Waals surface area contributed by atoms with Gasteiger partial charge < -0.3 is 4.98 Å². The van der Waals surface area contributed by atoms with Crippen LogP contribution < -0.4 is 5.56 Å². The maximum Gasteiger partial charge on any atom is 0.265 e. The average Bonchev–Trinajstić information content (AvgIpc) is 2.32.